The van der Waals surface area contributed by atoms with Crippen molar-refractivity contribution in [2.24, 2.45) is 0 Å². The number of amides is 1. The molecule has 2 aliphatic rings. The molecule has 0 saturated carbocycles. The highest BCUT2D eigenvalue weighted by atomic mass is 19.1. The maximum atomic E-state index is 13.4. The predicted molar refractivity (Wildman–Crippen MR) is 113 cm³/mol. The summed E-state index contributed by atoms with van der Waals surface area (Å²) in [5.74, 6) is -1.07. The maximum Gasteiger partial charge on any atom is 0.263 e. The van der Waals surface area contributed by atoms with Crippen LogP contribution in [0.2, 0.25) is 0 Å². The molecule has 0 spiro atoms. The largest absolute Gasteiger partial charge is 0.381 e. The van der Waals surface area contributed by atoms with Gasteiger partial charge in [-0.2, -0.15) is 0 Å². The number of nitrogens with one attached hydrogen (secondary N) is 1. The number of pyridine rings is 1. The fourth-order valence-corrected chi connectivity index (χ4v) is 4.18. The van der Waals surface area contributed by atoms with Gasteiger partial charge in [0.1, 0.15) is 5.56 Å². The summed E-state index contributed by atoms with van der Waals surface area (Å²) in [5.41, 5.74) is 7.66. The lowest BCUT2D eigenvalue weighted by Gasteiger charge is -2.46. The third kappa shape index (κ3) is 3.55. The highest BCUT2D eigenvalue weighted by molar-refractivity contribution is 6.12. The van der Waals surface area contributed by atoms with Gasteiger partial charge in [0, 0.05) is 31.9 Å². The molecule has 0 aliphatic carbocycles. The van der Waals surface area contributed by atoms with Crippen LogP contribution in [0.1, 0.15) is 17.3 Å². The molecule has 11 heteroatoms. The van der Waals surface area contributed by atoms with Gasteiger partial charge in [0.15, 0.2) is 17.3 Å². The summed E-state index contributed by atoms with van der Waals surface area (Å²) in [5, 5.41) is 6.88. The molecule has 10 nitrogen and oxygen atoms in total. The molecule has 162 valence electrons. The van der Waals surface area contributed by atoms with Crippen molar-refractivity contribution in [3.63, 3.8) is 0 Å². The van der Waals surface area contributed by atoms with Gasteiger partial charge in [-0.15, -0.1) is 5.10 Å². The van der Waals surface area contributed by atoms with Crippen LogP contribution in [0.15, 0.2) is 30.9 Å². The van der Waals surface area contributed by atoms with E-state index in [-0.39, 0.29) is 23.1 Å². The molecule has 2 fully saturated rings. The zero-order valence-corrected chi connectivity index (χ0v) is 17.0. The number of nitrogens with zero attached hydrogens (tertiary/aromatic N) is 6. The van der Waals surface area contributed by atoms with Crippen LogP contribution < -0.4 is 16.0 Å². The van der Waals surface area contributed by atoms with E-state index in [1.54, 1.807) is 12.4 Å². The van der Waals surface area contributed by atoms with Crippen LogP contribution >= 0.6 is 0 Å². The summed E-state index contributed by atoms with van der Waals surface area (Å²) in [6, 6.07) is 2.64. The van der Waals surface area contributed by atoms with Gasteiger partial charge >= 0.3 is 0 Å². The van der Waals surface area contributed by atoms with Crippen molar-refractivity contribution in [2.75, 3.05) is 48.8 Å². The Morgan fingerprint density at radius 1 is 1.32 bits per heavy atom. The first-order chi connectivity index (χ1) is 15.0. The van der Waals surface area contributed by atoms with Crippen molar-refractivity contribution < 1.29 is 13.9 Å². The van der Waals surface area contributed by atoms with E-state index in [1.807, 2.05) is 6.07 Å². The van der Waals surface area contributed by atoms with E-state index in [4.69, 9.17) is 10.5 Å². The van der Waals surface area contributed by atoms with Crippen LogP contribution in [0, 0.1) is 5.82 Å². The third-order valence-electron chi connectivity index (χ3n) is 5.85. The molecule has 0 radical (unpaired) electrons. The lowest BCUT2D eigenvalue weighted by Crippen LogP contribution is -2.59. The number of ether oxygens (including phenoxy) is 1. The molecule has 0 bridgehead atoms. The Balaban J connectivity index is 1.39. The van der Waals surface area contributed by atoms with Crippen LogP contribution in [0.25, 0.3) is 5.65 Å². The maximum absolute atomic E-state index is 13.4. The van der Waals surface area contributed by atoms with Crippen molar-refractivity contribution >= 4 is 28.7 Å². The topological polar surface area (TPSA) is 114 Å². The minimum Gasteiger partial charge on any atom is -0.381 e. The van der Waals surface area contributed by atoms with Crippen LogP contribution in [-0.2, 0) is 4.74 Å². The first-order valence-electron chi connectivity index (χ1n) is 10.1. The quantitative estimate of drug-likeness (QED) is 0.635. The van der Waals surface area contributed by atoms with E-state index < -0.39 is 11.7 Å². The number of rotatable bonds is 4. The van der Waals surface area contributed by atoms with E-state index in [0.717, 1.165) is 55.4 Å². The standard InChI is InChI=1S/C20H23FN8O2/c1-12-8-27(14-10-31-11-14)4-5-28(12)16-2-3-23-7-15(16)25-20(30)17-18(22)26-29-9-13(21)6-24-19(17)29/h2-3,6-7,9,12,14H,4-5,8,10-11H2,1H3,(H2,22,26)(H,25,30)/t12-/m0/s1. The SMILES string of the molecule is C[C@H]1CN(C2COC2)CCN1c1ccncc1NC(=O)c1c(N)nn2cc(F)cnc12. The van der Waals surface area contributed by atoms with Gasteiger partial charge in [-0.1, -0.05) is 0 Å². The summed E-state index contributed by atoms with van der Waals surface area (Å²) < 4.78 is 19.9. The third-order valence-corrected chi connectivity index (χ3v) is 5.85. The molecular weight excluding hydrogens is 403 g/mol. The molecule has 2 saturated heterocycles. The molecule has 3 aromatic heterocycles. The molecule has 5 rings (SSSR count). The Bertz CT molecular complexity index is 1130. The molecule has 0 aromatic carbocycles. The molecule has 1 atom stereocenters. The predicted octanol–water partition coefficient (Wildman–Crippen LogP) is 1.01. The molecular formula is C20H23FN8O2. The van der Waals surface area contributed by atoms with E-state index in [0.29, 0.717) is 11.7 Å². The number of anilines is 3. The Morgan fingerprint density at radius 2 is 2.16 bits per heavy atom. The highest BCUT2D eigenvalue weighted by Gasteiger charge is 2.33. The van der Waals surface area contributed by atoms with E-state index in [2.05, 4.69) is 37.1 Å². The molecule has 5 heterocycles. The Morgan fingerprint density at radius 3 is 2.90 bits per heavy atom. The first-order valence-corrected chi connectivity index (χ1v) is 10.1. The second-order valence-corrected chi connectivity index (χ2v) is 7.88. The van der Waals surface area contributed by atoms with Gasteiger partial charge < -0.3 is 20.7 Å². The zero-order chi connectivity index (χ0) is 21.5. The average Bonchev–Trinajstić information content (AvgIpc) is 3.02. The van der Waals surface area contributed by atoms with E-state index in [9.17, 15) is 9.18 Å². The van der Waals surface area contributed by atoms with Crippen molar-refractivity contribution in [3.05, 3.63) is 42.2 Å². The Hall–Kier alpha value is -3.31. The van der Waals surface area contributed by atoms with Crippen LogP contribution in [0.3, 0.4) is 0 Å². The number of carbonyl (C=O) groups is 1. The van der Waals surface area contributed by atoms with Crippen LogP contribution in [0.4, 0.5) is 21.6 Å². The second-order valence-electron chi connectivity index (χ2n) is 7.88. The van der Waals surface area contributed by atoms with Crippen molar-refractivity contribution in [2.45, 2.75) is 19.0 Å². The smallest absolute Gasteiger partial charge is 0.263 e. The van der Waals surface area contributed by atoms with Gasteiger partial charge in [0.05, 0.1) is 49.2 Å². The number of halogens is 1. The summed E-state index contributed by atoms with van der Waals surface area (Å²) in [7, 11) is 0. The molecule has 0 unspecified atom stereocenters. The fourth-order valence-electron chi connectivity index (χ4n) is 4.18. The summed E-state index contributed by atoms with van der Waals surface area (Å²) in [6.07, 6.45) is 5.47. The normalized spacial score (nSPS) is 20.1. The summed E-state index contributed by atoms with van der Waals surface area (Å²) >= 11 is 0. The number of nitrogens with two attached hydrogens (primary N) is 1. The number of carbonyl (C=O) groups excluding carboxylic acids is 1. The van der Waals surface area contributed by atoms with Gasteiger partial charge in [0.25, 0.3) is 5.91 Å². The molecule has 1 amide bonds. The van der Waals surface area contributed by atoms with E-state index >= 15 is 0 Å². The zero-order valence-electron chi connectivity index (χ0n) is 17.0. The van der Waals surface area contributed by atoms with Crippen molar-refractivity contribution in [1.29, 1.82) is 0 Å². The minimum absolute atomic E-state index is 0.0225. The first kappa shape index (κ1) is 19.6. The minimum atomic E-state index is -0.571. The number of aromatic nitrogens is 4. The number of hydrogen-bond acceptors (Lipinski definition) is 8. The number of hydrogen-bond donors (Lipinski definition) is 2. The van der Waals surface area contributed by atoms with Gasteiger partial charge in [0.2, 0.25) is 0 Å². The van der Waals surface area contributed by atoms with Crippen molar-refractivity contribution in [1.82, 2.24) is 24.5 Å². The number of fused-ring (bicyclic) bond motifs is 1. The second kappa shape index (κ2) is 7.75. The number of piperazine rings is 1. The van der Waals surface area contributed by atoms with E-state index in [1.165, 1.54) is 0 Å². The van der Waals surface area contributed by atoms with Crippen molar-refractivity contribution in [3.8, 4) is 0 Å². The van der Waals surface area contributed by atoms with Gasteiger partial charge in [-0.3, -0.25) is 14.7 Å². The summed E-state index contributed by atoms with van der Waals surface area (Å²) in [4.78, 5) is 25.9. The summed E-state index contributed by atoms with van der Waals surface area (Å²) in [6.45, 7) is 6.42. The van der Waals surface area contributed by atoms with Crippen LogP contribution in [0.5, 0.6) is 0 Å². The monoisotopic (exact) mass is 426 g/mol. The molecule has 3 N–H and O–H groups in total. The fraction of sp³-hybridized carbons (Fsp3) is 0.400. The average molecular weight is 426 g/mol. The van der Waals surface area contributed by atoms with Gasteiger partial charge in [-0.25, -0.2) is 13.9 Å². The Kier molecular flexibility index (Phi) is 4.91. The lowest BCUT2D eigenvalue weighted by atomic mass is 10.1. The lowest BCUT2D eigenvalue weighted by molar-refractivity contribution is -0.0691. The molecule has 31 heavy (non-hydrogen) atoms. The van der Waals surface area contributed by atoms with Crippen LogP contribution in [-0.4, -0.2) is 75.3 Å². The van der Waals surface area contributed by atoms with Gasteiger partial charge in [-0.05, 0) is 13.0 Å². The molecule has 2 aliphatic heterocycles. The number of nitrogen functional groups attached to an aromatic ring is 1. The molecule has 3 aromatic rings. The highest BCUT2D eigenvalue weighted by Crippen LogP contribution is 2.30. The Labute approximate surface area is 177 Å².